The highest BCUT2D eigenvalue weighted by atomic mass is 15.2. The van der Waals surface area contributed by atoms with E-state index in [0.717, 1.165) is 23.6 Å². The van der Waals surface area contributed by atoms with Crippen LogP contribution in [0, 0.1) is 0 Å². The largest absolute Gasteiger partial charge is 0.350 e. The van der Waals surface area contributed by atoms with Crippen molar-refractivity contribution < 1.29 is 0 Å². The highest BCUT2D eigenvalue weighted by molar-refractivity contribution is 5.60. The molecule has 1 aromatic carbocycles. The molecule has 0 unspecified atom stereocenters. The van der Waals surface area contributed by atoms with E-state index in [0.29, 0.717) is 12.5 Å². The van der Waals surface area contributed by atoms with E-state index < -0.39 is 0 Å². The van der Waals surface area contributed by atoms with Crippen LogP contribution in [0.15, 0.2) is 67.1 Å². The molecule has 23 heavy (non-hydrogen) atoms. The summed E-state index contributed by atoms with van der Waals surface area (Å²) in [6.45, 7) is 3.59. The lowest BCUT2D eigenvalue weighted by atomic mass is 10.3. The summed E-state index contributed by atoms with van der Waals surface area (Å²) in [6, 6.07) is 16.1. The molecule has 0 aliphatic carbocycles. The number of hydrogen-bond donors (Lipinski definition) is 1. The Bertz CT molecular complexity index is 731. The van der Waals surface area contributed by atoms with Crippen molar-refractivity contribution >= 4 is 17.5 Å². The molecule has 1 N–H and O–H groups in total. The molecular formula is C18H19N5. The molecule has 0 saturated heterocycles. The Hall–Kier alpha value is -2.95. The Kier molecular flexibility index (Phi) is 4.79. The summed E-state index contributed by atoms with van der Waals surface area (Å²) >= 11 is 0. The van der Waals surface area contributed by atoms with Gasteiger partial charge in [-0.05, 0) is 36.8 Å². The van der Waals surface area contributed by atoms with E-state index in [9.17, 15) is 0 Å². The minimum absolute atomic E-state index is 0.612. The first kappa shape index (κ1) is 15.0. The third-order valence-corrected chi connectivity index (χ3v) is 3.47. The van der Waals surface area contributed by atoms with Gasteiger partial charge in [0.2, 0.25) is 5.95 Å². The lowest BCUT2D eigenvalue weighted by Crippen LogP contribution is -2.18. The fraction of sp³-hybridized carbons (Fsp3) is 0.167. The maximum Gasteiger partial charge on any atom is 0.224 e. The standard InChI is InChI=1S/C18H19N5/c1-2-23(16-8-4-3-5-9-16)17-10-12-20-18(22-17)21-14-15-7-6-11-19-13-15/h3-13H,2,14H2,1H3,(H,20,21,22). The van der Waals surface area contributed by atoms with Crippen molar-refractivity contribution in [2.24, 2.45) is 0 Å². The zero-order valence-electron chi connectivity index (χ0n) is 13.1. The molecule has 0 aliphatic heterocycles. The fourth-order valence-corrected chi connectivity index (χ4v) is 2.35. The monoisotopic (exact) mass is 305 g/mol. The van der Waals surface area contributed by atoms with Gasteiger partial charge >= 0.3 is 0 Å². The number of nitrogens with zero attached hydrogens (tertiary/aromatic N) is 4. The molecule has 5 nitrogen and oxygen atoms in total. The zero-order valence-corrected chi connectivity index (χ0v) is 13.1. The van der Waals surface area contributed by atoms with E-state index in [4.69, 9.17) is 0 Å². The van der Waals surface area contributed by atoms with E-state index in [1.807, 2.05) is 42.6 Å². The Morgan fingerprint density at radius 2 is 1.87 bits per heavy atom. The number of hydrogen-bond acceptors (Lipinski definition) is 5. The average molecular weight is 305 g/mol. The van der Waals surface area contributed by atoms with E-state index >= 15 is 0 Å². The van der Waals surface area contributed by atoms with Gasteiger partial charge in [-0.1, -0.05) is 24.3 Å². The summed E-state index contributed by atoms with van der Waals surface area (Å²) < 4.78 is 0. The zero-order chi connectivity index (χ0) is 15.9. The topological polar surface area (TPSA) is 53.9 Å². The number of anilines is 3. The number of pyridine rings is 1. The number of aromatic nitrogens is 3. The van der Waals surface area contributed by atoms with E-state index in [-0.39, 0.29) is 0 Å². The van der Waals surface area contributed by atoms with Gasteiger partial charge in [-0.25, -0.2) is 4.98 Å². The fourth-order valence-electron chi connectivity index (χ4n) is 2.35. The molecule has 116 valence electrons. The maximum absolute atomic E-state index is 4.62. The van der Waals surface area contributed by atoms with Crippen LogP contribution < -0.4 is 10.2 Å². The average Bonchev–Trinajstić information content (AvgIpc) is 2.63. The van der Waals surface area contributed by atoms with Crippen molar-refractivity contribution in [3.8, 4) is 0 Å². The summed E-state index contributed by atoms with van der Waals surface area (Å²) in [4.78, 5) is 15.2. The normalized spacial score (nSPS) is 10.3. The summed E-state index contributed by atoms with van der Waals surface area (Å²) in [6.07, 6.45) is 5.37. The van der Waals surface area contributed by atoms with Crippen LogP contribution in [0.25, 0.3) is 0 Å². The van der Waals surface area contributed by atoms with Gasteiger partial charge < -0.3 is 10.2 Å². The molecule has 3 aromatic rings. The first-order chi connectivity index (χ1) is 11.4. The van der Waals surface area contributed by atoms with E-state index in [1.54, 1.807) is 12.4 Å². The lowest BCUT2D eigenvalue weighted by Gasteiger charge is -2.22. The van der Waals surface area contributed by atoms with Gasteiger partial charge in [0.05, 0.1) is 0 Å². The van der Waals surface area contributed by atoms with Gasteiger partial charge in [0.1, 0.15) is 5.82 Å². The maximum atomic E-state index is 4.62. The number of nitrogens with one attached hydrogen (secondary N) is 1. The molecular weight excluding hydrogens is 286 g/mol. The first-order valence-electron chi connectivity index (χ1n) is 7.65. The summed E-state index contributed by atoms with van der Waals surface area (Å²) in [5.74, 6) is 1.49. The Morgan fingerprint density at radius 1 is 1.00 bits per heavy atom. The van der Waals surface area contributed by atoms with Crippen molar-refractivity contribution in [1.82, 2.24) is 15.0 Å². The quantitative estimate of drug-likeness (QED) is 0.753. The highest BCUT2D eigenvalue weighted by Gasteiger charge is 2.09. The van der Waals surface area contributed by atoms with Crippen molar-refractivity contribution in [3.63, 3.8) is 0 Å². The van der Waals surface area contributed by atoms with Crippen LogP contribution in [0.4, 0.5) is 17.5 Å². The lowest BCUT2D eigenvalue weighted by molar-refractivity contribution is 0.965. The third-order valence-electron chi connectivity index (χ3n) is 3.47. The van der Waals surface area contributed by atoms with Crippen LogP contribution in [0.5, 0.6) is 0 Å². The Labute approximate surface area is 136 Å². The molecule has 2 heterocycles. The van der Waals surface area contributed by atoms with Gasteiger partial charge in [0, 0.05) is 37.4 Å². The summed E-state index contributed by atoms with van der Waals surface area (Å²) in [5.41, 5.74) is 2.21. The highest BCUT2D eigenvalue weighted by Crippen LogP contribution is 2.23. The SMILES string of the molecule is CCN(c1ccccc1)c1ccnc(NCc2cccnc2)n1. The van der Waals surface area contributed by atoms with E-state index in [2.05, 4.69) is 44.2 Å². The molecule has 0 bridgehead atoms. The van der Waals surface area contributed by atoms with E-state index in [1.165, 1.54) is 0 Å². The van der Waals surface area contributed by atoms with Crippen LogP contribution >= 0.6 is 0 Å². The smallest absolute Gasteiger partial charge is 0.224 e. The minimum atomic E-state index is 0.612. The molecule has 0 spiro atoms. The van der Waals surface area contributed by atoms with Gasteiger partial charge in [-0.2, -0.15) is 4.98 Å². The summed E-state index contributed by atoms with van der Waals surface area (Å²) in [5, 5.41) is 3.24. The molecule has 0 saturated carbocycles. The second-order valence-corrected chi connectivity index (χ2v) is 5.03. The molecule has 0 aliphatic rings. The Morgan fingerprint density at radius 3 is 2.61 bits per heavy atom. The second kappa shape index (κ2) is 7.35. The van der Waals surface area contributed by atoms with Crippen LogP contribution in [-0.2, 0) is 6.54 Å². The third kappa shape index (κ3) is 3.83. The van der Waals surface area contributed by atoms with Crippen molar-refractivity contribution in [1.29, 1.82) is 0 Å². The predicted molar refractivity (Wildman–Crippen MR) is 92.7 cm³/mol. The van der Waals surface area contributed by atoms with Gasteiger partial charge in [-0.15, -0.1) is 0 Å². The molecule has 0 radical (unpaired) electrons. The van der Waals surface area contributed by atoms with Crippen LogP contribution in [0.1, 0.15) is 12.5 Å². The van der Waals surface area contributed by atoms with Gasteiger partial charge in [0.25, 0.3) is 0 Å². The molecule has 5 heteroatoms. The number of para-hydroxylation sites is 1. The molecule has 3 rings (SSSR count). The van der Waals surface area contributed by atoms with Crippen LogP contribution in [0.2, 0.25) is 0 Å². The molecule has 0 amide bonds. The second-order valence-electron chi connectivity index (χ2n) is 5.03. The minimum Gasteiger partial charge on any atom is -0.350 e. The Balaban J connectivity index is 1.76. The first-order valence-corrected chi connectivity index (χ1v) is 7.65. The van der Waals surface area contributed by atoms with Crippen molar-refractivity contribution in [2.75, 3.05) is 16.8 Å². The van der Waals surface area contributed by atoms with Gasteiger partial charge in [-0.3, -0.25) is 4.98 Å². The molecule has 0 atom stereocenters. The van der Waals surface area contributed by atoms with Crippen LogP contribution in [0.3, 0.4) is 0 Å². The summed E-state index contributed by atoms with van der Waals surface area (Å²) in [7, 11) is 0. The predicted octanol–water partition coefficient (Wildman–Crippen LogP) is 3.64. The number of benzene rings is 1. The number of rotatable bonds is 6. The van der Waals surface area contributed by atoms with Crippen molar-refractivity contribution in [3.05, 3.63) is 72.7 Å². The van der Waals surface area contributed by atoms with Crippen molar-refractivity contribution in [2.45, 2.75) is 13.5 Å². The molecule has 2 aromatic heterocycles. The van der Waals surface area contributed by atoms with Gasteiger partial charge in [0.15, 0.2) is 0 Å². The molecule has 0 fully saturated rings. The van der Waals surface area contributed by atoms with Crippen LogP contribution in [-0.4, -0.2) is 21.5 Å².